The highest BCUT2D eigenvalue weighted by molar-refractivity contribution is 5.96. The molecule has 0 spiro atoms. The van der Waals surface area contributed by atoms with E-state index in [9.17, 15) is 9.90 Å². The molecule has 1 amide bonds. The van der Waals surface area contributed by atoms with Crippen molar-refractivity contribution in [2.75, 3.05) is 13.2 Å². The summed E-state index contributed by atoms with van der Waals surface area (Å²) >= 11 is 0. The molecule has 0 atom stereocenters. The number of pyridine rings is 1. The number of ether oxygens (including phenoxy) is 1. The van der Waals surface area contributed by atoms with Gasteiger partial charge in [0, 0.05) is 22.5 Å². The van der Waals surface area contributed by atoms with Gasteiger partial charge in [0.1, 0.15) is 23.3 Å². The first-order chi connectivity index (χ1) is 13.1. The summed E-state index contributed by atoms with van der Waals surface area (Å²) in [5.74, 6) is -0.282. The lowest BCUT2D eigenvalue weighted by molar-refractivity contribution is 0.100. The number of nitrogens with two attached hydrogens (primary N) is 1. The molecule has 4 N–H and O–H groups in total. The quantitative estimate of drug-likeness (QED) is 0.482. The smallest absolute Gasteiger partial charge is 0.248 e. The fraction of sp³-hybridized carbons (Fsp3) is 0.111. The number of hydrogen-bond donors (Lipinski definition) is 3. The average molecular weight is 365 g/mol. The molecule has 4 rings (SSSR count). The van der Waals surface area contributed by atoms with E-state index < -0.39 is 5.91 Å². The Morgan fingerprint density at radius 1 is 1.11 bits per heavy atom. The van der Waals surface area contributed by atoms with E-state index in [1.54, 1.807) is 36.4 Å². The third-order valence-corrected chi connectivity index (χ3v) is 4.07. The van der Waals surface area contributed by atoms with Crippen LogP contribution in [0.1, 0.15) is 10.4 Å². The van der Waals surface area contributed by atoms with Crippen LogP contribution in [-0.2, 0) is 0 Å². The topological polar surface area (TPSA) is 136 Å². The lowest BCUT2D eigenvalue weighted by Gasteiger charge is -2.10. The average Bonchev–Trinajstić information content (AvgIpc) is 3.09. The Balaban J connectivity index is 1.83. The Morgan fingerprint density at radius 2 is 1.93 bits per heavy atom. The largest absolute Gasteiger partial charge is 0.505 e. The van der Waals surface area contributed by atoms with Crippen LogP contribution in [0.15, 0.2) is 42.6 Å². The Hall–Kier alpha value is -3.72. The summed E-state index contributed by atoms with van der Waals surface area (Å²) in [6, 6.07) is 9.77. The fourth-order valence-corrected chi connectivity index (χ4v) is 2.80. The summed E-state index contributed by atoms with van der Waals surface area (Å²) in [6.45, 7) is -0.0395. The number of aromatic nitrogens is 4. The number of carbonyl (C=O) groups is 1. The van der Waals surface area contributed by atoms with Crippen molar-refractivity contribution in [3.63, 3.8) is 0 Å². The van der Waals surface area contributed by atoms with Crippen molar-refractivity contribution < 1.29 is 19.7 Å². The van der Waals surface area contributed by atoms with E-state index in [1.807, 2.05) is 0 Å². The molecular weight excluding hydrogens is 350 g/mol. The molecule has 27 heavy (non-hydrogen) atoms. The number of amides is 1. The maximum absolute atomic E-state index is 11.3. The Labute approximate surface area is 152 Å². The van der Waals surface area contributed by atoms with Crippen LogP contribution in [0, 0.1) is 0 Å². The second kappa shape index (κ2) is 6.54. The first kappa shape index (κ1) is 16.7. The maximum Gasteiger partial charge on any atom is 0.248 e. The molecule has 0 radical (unpaired) electrons. The van der Waals surface area contributed by atoms with E-state index in [0.29, 0.717) is 38.9 Å². The van der Waals surface area contributed by atoms with Crippen molar-refractivity contribution in [3.8, 4) is 17.3 Å². The predicted molar refractivity (Wildman–Crippen MR) is 96.9 cm³/mol. The van der Waals surface area contributed by atoms with Gasteiger partial charge < -0.3 is 20.7 Å². The van der Waals surface area contributed by atoms with E-state index in [0.717, 1.165) is 0 Å². The van der Waals surface area contributed by atoms with Gasteiger partial charge in [0.05, 0.1) is 6.61 Å². The SMILES string of the molecule is NC(=O)c1ccc2nn(-c3ccc4c(OCCO)nccc4c3O)nc2c1. The van der Waals surface area contributed by atoms with E-state index in [2.05, 4.69) is 15.2 Å². The van der Waals surface area contributed by atoms with Gasteiger partial charge in [-0.05, 0) is 36.4 Å². The zero-order valence-corrected chi connectivity index (χ0v) is 14.0. The molecule has 0 saturated carbocycles. The molecule has 0 saturated heterocycles. The van der Waals surface area contributed by atoms with Crippen LogP contribution in [0.4, 0.5) is 0 Å². The number of aliphatic hydroxyl groups excluding tert-OH is 1. The number of rotatable bonds is 5. The zero-order chi connectivity index (χ0) is 19.0. The number of aliphatic hydroxyl groups is 1. The number of phenols is 1. The van der Waals surface area contributed by atoms with Crippen molar-refractivity contribution in [2.45, 2.75) is 0 Å². The molecule has 0 bridgehead atoms. The van der Waals surface area contributed by atoms with Gasteiger partial charge in [-0.15, -0.1) is 15.0 Å². The van der Waals surface area contributed by atoms with Gasteiger partial charge in [0.2, 0.25) is 11.8 Å². The van der Waals surface area contributed by atoms with Crippen LogP contribution < -0.4 is 10.5 Å². The number of phenolic OH excluding ortho intramolecular Hbond substituents is 1. The van der Waals surface area contributed by atoms with Gasteiger partial charge in [-0.3, -0.25) is 4.79 Å². The number of aromatic hydroxyl groups is 1. The van der Waals surface area contributed by atoms with Crippen LogP contribution in [0.5, 0.6) is 11.6 Å². The number of carbonyl (C=O) groups excluding carboxylic acids is 1. The van der Waals surface area contributed by atoms with E-state index in [4.69, 9.17) is 15.6 Å². The first-order valence-electron chi connectivity index (χ1n) is 8.10. The van der Waals surface area contributed by atoms with Crippen molar-refractivity contribution in [1.82, 2.24) is 20.0 Å². The Morgan fingerprint density at radius 3 is 2.70 bits per heavy atom. The molecule has 2 heterocycles. The molecule has 136 valence electrons. The lowest BCUT2D eigenvalue weighted by Crippen LogP contribution is -2.10. The van der Waals surface area contributed by atoms with Crippen LogP contribution in [0.25, 0.3) is 27.5 Å². The van der Waals surface area contributed by atoms with Gasteiger partial charge in [-0.1, -0.05) is 0 Å². The summed E-state index contributed by atoms with van der Waals surface area (Å²) in [5, 5.41) is 29.4. The molecular formula is C18H15N5O4. The van der Waals surface area contributed by atoms with Gasteiger partial charge in [-0.2, -0.15) is 0 Å². The summed E-state index contributed by atoms with van der Waals surface area (Å²) in [7, 11) is 0. The van der Waals surface area contributed by atoms with Crippen molar-refractivity contribution >= 4 is 27.7 Å². The number of nitrogens with zero attached hydrogens (tertiary/aromatic N) is 4. The van der Waals surface area contributed by atoms with E-state index >= 15 is 0 Å². The minimum Gasteiger partial charge on any atom is -0.505 e. The monoisotopic (exact) mass is 365 g/mol. The highest BCUT2D eigenvalue weighted by Crippen LogP contribution is 2.34. The third kappa shape index (κ3) is 2.89. The van der Waals surface area contributed by atoms with Gasteiger partial charge in [0.25, 0.3) is 0 Å². The zero-order valence-electron chi connectivity index (χ0n) is 14.0. The number of hydrogen-bond acceptors (Lipinski definition) is 7. The minimum absolute atomic E-state index is 0.0424. The van der Waals surface area contributed by atoms with Gasteiger partial charge >= 0.3 is 0 Å². The summed E-state index contributed by atoms with van der Waals surface area (Å²) < 4.78 is 5.40. The third-order valence-electron chi connectivity index (χ3n) is 4.07. The normalized spacial score (nSPS) is 11.1. The van der Waals surface area contributed by atoms with Crippen LogP contribution in [-0.4, -0.2) is 49.3 Å². The molecule has 4 aromatic rings. The molecule has 9 nitrogen and oxygen atoms in total. The molecule has 2 aromatic heterocycles. The highest BCUT2D eigenvalue weighted by Gasteiger charge is 2.15. The molecule has 0 fully saturated rings. The molecule has 0 aliphatic heterocycles. The maximum atomic E-state index is 11.3. The number of primary amides is 1. The summed E-state index contributed by atoms with van der Waals surface area (Å²) in [6.07, 6.45) is 1.50. The predicted octanol–water partition coefficient (Wildman–Crippen LogP) is 1.14. The molecule has 0 unspecified atom stereocenters. The first-order valence-corrected chi connectivity index (χ1v) is 8.10. The standard InChI is InChI=1S/C18H15N5O4/c19-17(26)10-1-3-13-14(9-10)22-23(21-13)15-4-2-12-11(16(15)25)5-6-20-18(12)27-8-7-24/h1-6,9,24-25H,7-8H2,(H2,19,26). The van der Waals surface area contributed by atoms with Crippen molar-refractivity contribution in [3.05, 3.63) is 48.2 Å². The Bertz CT molecular complexity index is 1170. The van der Waals surface area contributed by atoms with Gasteiger partial charge in [-0.25, -0.2) is 4.98 Å². The number of fused-ring (bicyclic) bond motifs is 2. The van der Waals surface area contributed by atoms with Gasteiger partial charge in [0.15, 0.2) is 5.75 Å². The Kier molecular flexibility index (Phi) is 4.05. The number of benzene rings is 2. The molecule has 0 aliphatic rings. The fourth-order valence-electron chi connectivity index (χ4n) is 2.80. The van der Waals surface area contributed by atoms with E-state index in [-0.39, 0.29) is 19.0 Å². The molecule has 2 aromatic carbocycles. The second-order valence-corrected chi connectivity index (χ2v) is 5.77. The van der Waals surface area contributed by atoms with Crippen LogP contribution >= 0.6 is 0 Å². The minimum atomic E-state index is -0.553. The molecule has 0 aliphatic carbocycles. The van der Waals surface area contributed by atoms with Crippen LogP contribution in [0.3, 0.4) is 0 Å². The second-order valence-electron chi connectivity index (χ2n) is 5.77. The lowest BCUT2D eigenvalue weighted by atomic mass is 10.1. The van der Waals surface area contributed by atoms with Crippen LogP contribution in [0.2, 0.25) is 0 Å². The van der Waals surface area contributed by atoms with Crippen molar-refractivity contribution in [2.24, 2.45) is 5.73 Å². The summed E-state index contributed by atoms with van der Waals surface area (Å²) in [4.78, 5) is 16.7. The molecule has 9 heteroatoms. The van der Waals surface area contributed by atoms with E-state index in [1.165, 1.54) is 11.0 Å². The van der Waals surface area contributed by atoms with Crippen molar-refractivity contribution in [1.29, 1.82) is 0 Å². The summed E-state index contributed by atoms with van der Waals surface area (Å²) in [5.41, 5.74) is 7.01. The highest BCUT2D eigenvalue weighted by atomic mass is 16.5.